The minimum atomic E-state index is -2.49. The van der Waals surface area contributed by atoms with Gasteiger partial charge in [0.25, 0.3) is 0 Å². The van der Waals surface area contributed by atoms with Crippen molar-refractivity contribution in [3.63, 3.8) is 0 Å². The number of alkyl halides is 2. The zero-order valence-corrected chi connectivity index (χ0v) is 18.7. The number of hydrogen-bond donors (Lipinski definition) is 1. The summed E-state index contributed by atoms with van der Waals surface area (Å²) in [6.07, 6.45) is 5.74. The highest BCUT2D eigenvalue weighted by atomic mass is 19.3. The first kappa shape index (κ1) is 21.0. The minimum Gasteiger partial charge on any atom is -0.354 e. The molecule has 170 valence electrons. The zero-order valence-electron chi connectivity index (χ0n) is 18.7. The summed E-state index contributed by atoms with van der Waals surface area (Å²) in [5.74, 6) is -0.732. The predicted octanol–water partition coefficient (Wildman–Crippen LogP) is 5.58. The number of pyridine rings is 1. The van der Waals surface area contributed by atoms with E-state index < -0.39 is 5.92 Å². The third-order valence-corrected chi connectivity index (χ3v) is 6.55. The molecule has 1 N–H and O–H groups in total. The van der Waals surface area contributed by atoms with Crippen LogP contribution in [-0.2, 0) is 6.42 Å². The van der Waals surface area contributed by atoms with Gasteiger partial charge >= 0.3 is 0 Å². The van der Waals surface area contributed by atoms with E-state index in [1.807, 2.05) is 25.3 Å². The molecular formula is C24H30F2N6. The number of nitrogens with zero attached hydrogens (tertiary/aromatic N) is 5. The van der Waals surface area contributed by atoms with Crippen LogP contribution in [0.5, 0.6) is 0 Å². The number of halogens is 2. The predicted molar refractivity (Wildman–Crippen MR) is 123 cm³/mol. The van der Waals surface area contributed by atoms with Gasteiger partial charge in [-0.1, -0.05) is 6.08 Å². The Morgan fingerprint density at radius 2 is 1.97 bits per heavy atom. The molecule has 0 radical (unpaired) electrons. The summed E-state index contributed by atoms with van der Waals surface area (Å²) >= 11 is 0. The van der Waals surface area contributed by atoms with Crippen LogP contribution in [0.4, 0.5) is 14.7 Å². The van der Waals surface area contributed by atoms with Gasteiger partial charge in [-0.15, -0.1) is 0 Å². The maximum atomic E-state index is 13.4. The SMILES string of the molecule is Cc1nc2ccc(C3=CCc4nc(NCC5CCC(F)(F)CC5)ncc43)nc2n1C(C)C.[HH]. The van der Waals surface area contributed by atoms with Crippen molar-refractivity contribution in [2.45, 2.75) is 64.8 Å². The van der Waals surface area contributed by atoms with Crippen LogP contribution in [0.2, 0.25) is 0 Å². The summed E-state index contributed by atoms with van der Waals surface area (Å²) in [6.45, 7) is 6.90. The van der Waals surface area contributed by atoms with Crippen molar-refractivity contribution in [3.8, 4) is 0 Å². The first-order valence-electron chi connectivity index (χ1n) is 11.3. The second kappa shape index (κ2) is 7.90. The molecule has 5 rings (SSSR count). The highest BCUT2D eigenvalue weighted by molar-refractivity contribution is 5.85. The summed E-state index contributed by atoms with van der Waals surface area (Å²) in [6, 6.07) is 4.30. The fourth-order valence-electron chi connectivity index (χ4n) is 4.83. The van der Waals surface area contributed by atoms with Crippen LogP contribution in [0.3, 0.4) is 0 Å². The Bertz CT molecular complexity index is 1190. The number of aromatic nitrogens is 5. The van der Waals surface area contributed by atoms with Crippen LogP contribution >= 0.6 is 0 Å². The van der Waals surface area contributed by atoms with Gasteiger partial charge in [0.1, 0.15) is 11.3 Å². The molecule has 0 aromatic carbocycles. The number of nitrogens with one attached hydrogen (secondary N) is 1. The molecule has 3 aromatic rings. The fourth-order valence-corrected chi connectivity index (χ4v) is 4.83. The van der Waals surface area contributed by atoms with E-state index in [2.05, 4.69) is 44.8 Å². The van der Waals surface area contributed by atoms with E-state index in [9.17, 15) is 8.78 Å². The largest absolute Gasteiger partial charge is 0.354 e. The van der Waals surface area contributed by atoms with Crippen molar-refractivity contribution in [2.75, 3.05) is 11.9 Å². The quantitative estimate of drug-likeness (QED) is 0.561. The monoisotopic (exact) mass is 440 g/mol. The summed E-state index contributed by atoms with van der Waals surface area (Å²) < 4.78 is 28.9. The Kier molecular flexibility index (Phi) is 5.18. The maximum Gasteiger partial charge on any atom is 0.248 e. The average Bonchev–Trinajstić information content (AvgIpc) is 3.32. The van der Waals surface area contributed by atoms with E-state index in [0.717, 1.165) is 45.9 Å². The lowest BCUT2D eigenvalue weighted by molar-refractivity contribution is -0.0443. The topological polar surface area (TPSA) is 68.5 Å². The van der Waals surface area contributed by atoms with E-state index in [-0.39, 0.29) is 26.2 Å². The van der Waals surface area contributed by atoms with Gasteiger partial charge in [0.05, 0.1) is 11.4 Å². The molecule has 2 aliphatic rings. The van der Waals surface area contributed by atoms with Gasteiger partial charge < -0.3 is 9.88 Å². The Morgan fingerprint density at radius 1 is 1.19 bits per heavy atom. The number of aryl methyl sites for hydroxylation is 1. The van der Waals surface area contributed by atoms with Crippen molar-refractivity contribution in [2.24, 2.45) is 5.92 Å². The molecule has 3 aromatic heterocycles. The molecule has 3 heterocycles. The lowest BCUT2D eigenvalue weighted by atomic mass is 9.87. The number of rotatable bonds is 5. The lowest BCUT2D eigenvalue weighted by Gasteiger charge is -2.28. The first-order chi connectivity index (χ1) is 15.3. The Balaban J connectivity index is 0.00000259. The van der Waals surface area contributed by atoms with Gasteiger partial charge in [-0.2, -0.15) is 0 Å². The molecule has 0 saturated heterocycles. The highest BCUT2D eigenvalue weighted by Gasteiger charge is 2.34. The number of imidazole rings is 1. The van der Waals surface area contributed by atoms with Crippen molar-refractivity contribution < 1.29 is 10.2 Å². The molecule has 0 amide bonds. The smallest absolute Gasteiger partial charge is 0.248 e. The van der Waals surface area contributed by atoms with Crippen molar-refractivity contribution in [1.29, 1.82) is 0 Å². The molecule has 6 nitrogen and oxygen atoms in total. The molecule has 1 fully saturated rings. The standard InChI is InChI=1S/C24H28F2N6.H2/c1-14(2)32-15(3)29-21-7-6-19(30-22(21)32)17-4-5-20-18(17)13-28-23(31-20)27-12-16-8-10-24(25,26)11-9-16;/h4,6-7,13-14,16H,5,8-12H2,1-3H3,(H,27,28,31);1H. The highest BCUT2D eigenvalue weighted by Crippen LogP contribution is 2.36. The molecule has 0 unspecified atom stereocenters. The van der Waals surface area contributed by atoms with E-state index >= 15 is 0 Å². The Hall–Kier alpha value is -2.90. The van der Waals surface area contributed by atoms with Crippen LogP contribution in [0.15, 0.2) is 24.4 Å². The number of anilines is 1. The normalized spacial score (nSPS) is 18.2. The first-order valence-corrected chi connectivity index (χ1v) is 11.3. The molecule has 0 bridgehead atoms. The second-order valence-electron chi connectivity index (χ2n) is 9.22. The molecule has 8 heteroatoms. The maximum absolute atomic E-state index is 13.4. The van der Waals surface area contributed by atoms with Gasteiger partial charge in [0.15, 0.2) is 5.65 Å². The molecule has 0 aliphatic heterocycles. The van der Waals surface area contributed by atoms with E-state index in [1.54, 1.807) is 0 Å². The van der Waals surface area contributed by atoms with Gasteiger partial charge in [0.2, 0.25) is 11.9 Å². The van der Waals surface area contributed by atoms with Crippen molar-refractivity contribution >= 4 is 22.7 Å². The number of allylic oxidation sites excluding steroid dienone is 1. The summed E-state index contributed by atoms with van der Waals surface area (Å²) in [7, 11) is 0. The van der Waals surface area contributed by atoms with Crippen LogP contribution in [0.25, 0.3) is 16.7 Å². The third-order valence-electron chi connectivity index (χ3n) is 6.55. The van der Waals surface area contributed by atoms with Gasteiger partial charge in [-0.25, -0.2) is 28.7 Å². The van der Waals surface area contributed by atoms with E-state index in [0.29, 0.717) is 25.3 Å². The Morgan fingerprint density at radius 3 is 2.72 bits per heavy atom. The molecule has 2 aliphatic carbocycles. The lowest BCUT2D eigenvalue weighted by Crippen LogP contribution is -2.28. The van der Waals surface area contributed by atoms with Crippen LogP contribution < -0.4 is 5.32 Å². The zero-order chi connectivity index (χ0) is 22.5. The molecule has 0 atom stereocenters. The van der Waals surface area contributed by atoms with Gasteiger partial charge in [-0.3, -0.25) is 0 Å². The van der Waals surface area contributed by atoms with Crippen LogP contribution in [0, 0.1) is 12.8 Å². The average molecular weight is 441 g/mol. The van der Waals surface area contributed by atoms with E-state index in [1.165, 1.54) is 0 Å². The third kappa shape index (κ3) is 3.87. The summed E-state index contributed by atoms with van der Waals surface area (Å²) in [4.78, 5) is 18.7. The fraction of sp³-hybridized carbons (Fsp3) is 0.500. The molecular weight excluding hydrogens is 410 g/mol. The molecule has 0 spiro atoms. The van der Waals surface area contributed by atoms with Crippen LogP contribution in [-0.4, -0.2) is 37.0 Å². The number of fused-ring (bicyclic) bond motifs is 2. The summed E-state index contributed by atoms with van der Waals surface area (Å²) in [5.41, 5.74) is 5.68. The molecule has 1 saturated carbocycles. The minimum absolute atomic E-state index is 0. The van der Waals surface area contributed by atoms with E-state index in [4.69, 9.17) is 4.98 Å². The number of hydrogen-bond acceptors (Lipinski definition) is 5. The Labute approximate surface area is 187 Å². The van der Waals surface area contributed by atoms with Gasteiger partial charge in [-0.05, 0) is 51.7 Å². The van der Waals surface area contributed by atoms with Crippen molar-refractivity contribution in [3.05, 3.63) is 47.2 Å². The summed E-state index contributed by atoms with van der Waals surface area (Å²) in [5, 5.41) is 3.26. The second-order valence-corrected chi connectivity index (χ2v) is 9.22. The molecule has 32 heavy (non-hydrogen) atoms. The van der Waals surface area contributed by atoms with Crippen LogP contribution in [0.1, 0.15) is 69.8 Å². The van der Waals surface area contributed by atoms with Gasteiger partial charge in [0, 0.05) is 50.6 Å². The van der Waals surface area contributed by atoms with Crippen molar-refractivity contribution in [1.82, 2.24) is 24.5 Å².